The number of rotatable bonds is 1. The summed E-state index contributed by atoms with van der Waals surface area (Å²) in [6.07, 6.45) is 1.73. The lowest BCUT2D eigenvalue weighted by molar-refractivity contribution is 0.625. The Hall–Kier alpha value is -0.980. The molecule has 1 aromatic heterocycles. The van der Waals surface area contributed by atoms with Crippen molar-refractivity contribution in [1.82, 2.24) is 15.0 Å². The van der Waals surface area contributed by atoms with Crippen LogP contribution in [0.15, 0.2) is 30.5 Å². The van der Waals surface area contributed by atoms with E-state index in [2.05, 4.69) is 10.3 Å². The van der Waals surface area contributed by atoms with Crippen molar-refractivity contribution in [3.05, 3.63) is 40.0 Å². The second-order valence-electron chi connectivity index (χ2n) is 2.47. The summed E-state index contributed by atoms with van der Waals surface area (Å²) in [6, 6.07) is 6.21. The highest BCUT2D eigenvalue weighted by atomic mass is 127. The zero-order chi connectivity index (χ0) is 9.26. The third-order valence-corrected chi connectivity index (χ3v) is 2.03. The fourth-order valence-electron chi connectivity index (χ4n) is 0.988. The van der Waals surface area contributed by atoms with Crippen LogP contribution >= 0.6 is 22.6 Å². The molecule has 0 aliphatic rings. The Morgan fingerprint density at radius 3 is 2.85 bits per heavy atom. The number of benzene rings is 1. The van der Waals surface area contributed by atoms with Crippen LogP contribution in [-0.2, 0) is 0 Å². The number of hydrogen-bond acceptors (Lipinski definition) is 2. The van der Waals surface area contributed by atoms with Gasteiger partial charge in [-0.2, -0.15) is 0 Å². The van der Waals surface area contributed by atoms with Crippen LogP contribution in [0.25, 0.3) is 5.69 Å². The lowest BCUT2D eigenvalue weighted by Crippen LogP contribution is -1.94. The first kappa shape index (κ1) is 8.61. The quantitative estimate of drug-likeness (QED) is 0.752. The monoisotopic (exact) mass is 289 g/mol. The molecule has 1 heterocycles. The number of aromatic nitrogens is 3. The molecule has 13 heavy (non-hydrogen) atoms. The largest absolute Gasteiger partial charge is 0.220 e. The molecule has 0 fully saturated rings. The van der Waals surface area contributed by atoms with Crippen LogP contribution in [0.2, 0.25) is 0 Å². The molecule has 0 atom stereocenters. The van der Waals surface area contributed by atoms with Crippen LogP contribution < -0.4 is 0 Å². The van der Waals surface area contributed by atoms with Gasteiger partial charge in [-0.15, -0.1) is 5.10 Å². The molecule has 0 aliphatic heterocycles. The Bertz CT molecular complexity index is 427. The van der Waals surface area contributed by atoms with Gasteiger partial charge >= 0.3 is 0 Å². The summed E-state index contributed by atoms with van der Waals surface area (Å²) in [5, 5.41) is 7.62. The lowest BCUT2D eigenvalue weighted by Gasteiger charge is -1.97. The Labute approximate surface area is 87.7 Å². The molecule has 2 rings (SSSR count). The predicted molar refractivity (Wildman–Crippen MR) is 54.0 cm³/mol. The molecule has 0 spiro atoms. The van der Waals surface area contributed by atoms with E-state index in [1.165, 1.54) is 16.8 Å². The molecule has 0 bridgehead atoms. The van der Waals surface area contributed by atoms with Gasteiger partial charge in [0.05, 0.1) is 11.9 Å². The molecular formula is C8H5FIN3. The molecule has 0 radical (unpaired) electrons. The minimum Gasteiger partial charge on any atom is -0.220 e. The molecule has 0 amide bonds. The van der Waals surface area contributed by atoms with Crippen LogP contribution in [0.4, 0.5) is 4.39 Å². The van der Waals surface area contributed by atoms with E-state index >= 15 is 0 Å². The van der Waals surface area contributed by atoms with Crippen LogP contribution in [0, 0.1) is 9.52 Å². The lowest BCUT2D eigenvalue weighted by atomic mass is 10.3. The minimum atomic E-state index is -0.275. The molecule has 0 saturated carbocycles. The summed E-state index contributed by atoms with van der Waals surface area (Å²) in [6.45, 7) is 0. The van der Waals surface area contributed by atoms with Crippen molar-refractivity contribution in [1.29, 1.82) is 0 Å². The average molecular weight is 289 g/mol. The Morgan fingerprint density at radius 1 is 1.38 bits per heavy atom. The van der Waals surface area contributed by atoms with E-state index in [1.807, 2.05) is 22.6 Å². The van der Waals surface area contributed by atoms with Crippen LogP contribution in [-0.4, -0.2) is 15.0 Å². The van der Waals surface area contributed by atoms with E-state index in [0.29, 0.717) is 5.69 Å². The van der Waals surface area contributed by atoms with Crippen LogP contribution in [0.1, 0.15) is 0 Å². The van der Waals surface area contributed by atoms with Crippen molar-refractivity contribution in [3.8, 4) is 5.69 Å². The first-order chi connectivity index (χ1) is 6.25. The van der Waals surface area contributed by atoms with Gasteiger partial charge < -0.3 is 0 Å². The zero-order valence-electron chi connectivity index (χ0n) is 6.48. The van der Waals surface area contributed by atoms with Crippen molar-refractivity contribution in [2.45, 2.75) is 0 Å². The Balaban J connectivity index is 2.46. The molecule has 0 unspecified atom stereocenters. The van der Waals surface area contributed by atoms with Crippen molar-refractivity contribution >= 4 is 22.6 Å². The molecule has 0 saturated heterocycles. The highest BCUT2D eigenvalue weighted by Gasteiger charge is 2.00. The first-order valence-electron chi connectivity index (χ1n) is 3.59. The molecule has 2 aromatic rings. The maximum Gasteiger partial charge on any atom is 0.143 e. The molecule has 5 heteroatoms. The molecular weight excluding hydrogens is 284 g/mol. The maximum atomic E-state index is 12.8. The standard InChI is InChI=1S/C8H5FIN3/c9-6-2-1-3-7(4-6)13-5-8(10)11-12-13/h1-5H. The molecule has 1 aromatic carbocycles. The number of nitrogens with zero attached hydrogens (tertiary/aromatic N) is 3. The number of halogens is 2. The fourth-order valence-corrected chi connectivity index (χ4v) is 1.35. The van der Waals surface area contributed by atoms with Crippen molar-refractivity contribution < 1.29 is 4.39 Å². The van der Waals surface area contributed by atoms with Gasteiger partial charge in [-0.25, -0.2) is 9.07 Å². The predicted octanol–water partition coefficient (Wildman–Crippen LogP) is 2.01. The Morgan fingerprint density at radius 2 is 2.23 bits per heavy atom. The summed E-state index contributed by atoms with van der Waals surface area (Å²) in [7, 11) is 0. The summed E-state index contributed by atoms with van der Waals surface area (Å²) < 4.78 is 15.1. The van der Waals surface area contributed by atoms with E-state index in [4.69, 9.17) is 0 Å². The summed E-state index contributed by atoms with van der Waals surface area (Å²) in [5.74, 6) is -0.275. The molecule has 3 nitrogen and oxygen atoms in total. The van der Waals surface area contributed by atoms with Gasteiger partial charge in [0.1, 0.15) is 9.52 Å². The molecule has 0 aliphatic carbocycles. The van der Waals surface area contributed by atoms with E-state index in [1.54, 1.807) is 18.3 Å². The maximum absolute atomic E-state index is 12.8. The SMILES string of the molecule is Fc1cccc(-n2cc(I)nn2)c1. The first-order valence-corrected chi connectivity index (χ1v) is 4.67. The molecule has 66 valence electrons. The van der Waals surface area contributed by atoms with Gasteiger partial charge in [0.15, 0.2) is 0 Å². The van der Waals surface area contributed by atoms with Gasteiger partial charge in [0, 0.05) is 0 Å². The van der Waals surface area contributed by atoms with Crippen LogP contribution in [0.5, 0.6) is 0 Å². The summed E-state index contributed by atoms with van der Waals surface area (Å²) in [5.41, 5.74) is 0.676. The van der Waals surface area contributed by atoms with Crippen molar-refractivity contribution in [2.24, 2.45) is 0 Å². The topological polar surface area (TPSA) is 30.7 Å². The van der Waals surface area contributed by atoms with Gasteiger partial charge in [-0.3, -0.25) is 0 Å². The third-order valence-electron chi connectivity index (χ3n) is 1.54. The third kappa shape index (κ3) is 1.85. The van der Waals surface area contributed by atoms with E-state index in [9.17, 15) is 4.39 Å². The van der Waals surface area contributed by atoms with Crippen molar-refractivity contribution in [3.63, 3.8) is 0 Å². The summed E-state index contributed by atoms with van der Waals surface area (Å²) >= 11 is 2.05. The average Bonchev–Trinajstić information content (AvgIpc) is 2.52. The highest BCUT2D eigenvalue weighted by molar-refractivity contribution is 14.1. The normalized spacial score (nSPS) is 10.3. The van der Waals surface area contributed by atoms with Gasteiger partial charge in [-0.1, -0.05) is 11.3 Å². The fraction of sp³-hybridized carbons (Fsp3) is 0. The number of hydrogen-bond donors (Lipinski definition) is 0. The second kappa shape index (κ2) is 3.41. The van der Waals surface area contributed by atoms with Crippen molar-refractivity contribution in [2.75, 3.05) is 0 Å². The highest BCUT2D eigenvalue weighted by Crippen LogP contribution is 2.09. The van der Waals surface area contributed by atoms with Gasteiger partial charge in [-0.05, 0) is 40.8 Å². The summed E-state index contributed by atoms with van der Waals surface area (Å²) in [4.78, 5) is 0. The van der Waals surface area contributed by atoms with Gasteiger partial charge in [0.2, 0.25) is 0 Å². The molecule has 0 N–H and O–H groups in total. The zero-order valence-corrected chi connectivity index (χ0v) is 8.64. The van der Waals surface area contributed by atoms with E-state index < -0.39 is 0 Å². The van der Waals surface area contributed by atoms with E-state index in [0.717, 1.165) is 3.70 Å². The minimum absolute atomic E-state index is 0.275. The second-order valence-corrected chi connectivity index (χ2v) is 3.57. The van der Waals surface area contributed by atoms with Gasteiger partial charge in [0.25, 0.3) is 0 Å². The van der Waals surface area contributed by atoms with E-state index in [-0.39, 0.29) is 5.82 Å². The van der Waals surface area contributed by atoms with Crippen LogP contribution in [0.3, 0.4) is 0 Å². The smallest absolute Gasteiger partial charge is 0.143 e. The Kier molecular flexibility index (Phi) is 2.26.